The first-order valence-electron chi connectivity index (χ1n) is 6.94. The van der Waals surface area contributed by atoms with Crippen LogP contribution in [0.25, 0.3) is 0 Å². The van der Waals surface area contributed by atoms with Crippen LogP contribution in [0.4, 0.5) is 0 Å². The lowest BCUT2D eigenvalue weighted by atomic mass is 10.2. The molecule has 0 amide bonds. The Labute approximate surface area is 122 Å². The molecule has 0 heterocycles. The van der Waals surface area contributed by atoms with E-state index in [-0.39, 0.29) is 0 Å². The van der Waals surface area contributed by atoms with Crippen molar-refractivity contribution in [1.29, 1.82) is 0 Å². The van der Waals surface area contributed by atoms with Gasteiger partial charge in [0, 0.05) is 0 Å². The number of hydrogen-bond acceptors (Lipinski definition) is 0. The Hall–Kier alpha value is -2.12. The second-order valence-corrected chi connectivity index (χ2v) is 7.34. The lowest BCUT2D eigenvalue weighted by Crippen LogP contribution is -2.44. The van der Waals surface area contributed by atoms with E-state index in [2.05, 4.69) is 91.0 Å². The average Bonchev–Trinajstić information content (AvgIpc) is 2.55. The van der Waals surface area contributed by atoms with Crippen LogP contribution in [-0.2, 0) is 6.04 Å². The second-order valence-electron chi connectivity index (χ2n) is 4.87. The molecule has 0 nitrogen and oxygen atoms in total. The van der Waals surface area contributed by atoms with E-state index in [9.17, 15) is 0 Å². The molecule has 3 aromatic carbocycles. The summed E-state index contributed by atoms with van der Waals surface area (Å²) in [5, 5.41) is 2.96. The van der Waals surface area contributed by atoms with E-state index in [0.717, 1.165) is 6.04 Å². The van der Waals surface area contributed by atoms with E-state index < -0.39 is 8.80 Å². The molecule has 0 aliphatic carbocycles. The van der Waals surface area contributed by atoms with Gasteiger partial charge in [0.25, 0.3) is 0 Å². The van der Waals surface area contributed by atoms with Crippen LogP contribution in [-0.4, -0.2) is 8.80 Å². The van der Waals surface area contributed by atoms with Gasteiger partial charge < -0.3 is 0 Å². The lowest BCUT2D eigenvalue weighted by Gasteiger charge is -2.32. The van der Waals surface area contributed by atoms with Crippen molar-refractivity contribution in [3.63, 3.8) is 0 Å². The van der Waals surface area contributed by atoms with E-state index in [1.807, 2.05) is 0 Å². The summed E-state index contributed by atoms with van der Waals surface area (Å²) in [5.74, 6) is 0. The highest BCUT2D eigenvalue weighted by molar-refractivity contribution is 6.84. The molecule has 3 rings (SSSR count). The van der Waals surface area contributed by atoms with Crippen LogP contribution >= 0.6 is 0 Å². The number of hydrogen-bond donors (Lipinski definition) is 0. The molecule has 20 heavy (non-hydrogen) atoms. The highest BCUT2D eigenvalue weighted by Gasteiger charge is 2.00. The molecule has 0 aromatic heterocycles. The van der Waals surface area contributed by atoms with Crippen molar-refractivity contribution in [1.82, 2.24) is 0 Å². The summed E-state index contributed by atoms with van der Waals surface area (Å²) in [6.45, 7) is 0. The third kappa shape index (κ3) is 3.06. The van der Waals surface area contributed by atoms with Crippen molar-refractivity contribution >= 4 is 19.2 Å². The van der Waals surface area contributed by atoms with E-state index in [4.69, 9.17) is 0 Å². The monoisotopic (exact) mass is 273 g/mol. The van der Waals surface area contributed by atoms with Gasteiger partial charge in [-0.3, -0.25) is 0 Å². The Morgan fingerprint density at radius 3 is 1.35 bits per heavy atom. The maximum Gasteiger partial charge on any atom is -0.0618 e. The van der Waals surface area contributed by atoms with E-state index >= 15 is 0 Å². The Kier molecular flexibility index (Phi) is 4.09. The van der Waals surface area contributed by atoms with Gasteiger partial charge in [-0.2, -0.15) is 10.4 Å². The minimum absolute atomic E-state index is 0.752. The highest BCUT2D eigenvalue weighted by atomic mass is 28.3. The maximum absolute atomic E-state index is 2.27. The molecule has 0 saturated carbocycles. The molecular formula is C19H17Si-. The zero-order valence-corrected chi connectivity index (χ0v) is 12.4. The zero-order chi connectivity index (χ0) is 13.6. The van der Waals surface area contributed by atoms with E-state index in [1.54, 1.807) is 0 Å². The zero-order valence-electron chi connectivity index (χ0n) is 11.4. The van der Waals surface area contributed by atoms with Crippen molar-refractivity contribution < 1.29 is 0 Å². The quantitative estimate of drug-likeness (QED) is 0.641. The third-order valence-corrected chi connectivity index (χ3v) is 6.29. The first-order chi connectivity index (χ1) is 9.93. The lowest BCUT2D eigenvalue weighted by molar-refractivity contribution is 1.37. The smallest absolute Gasteiger partial charge is 0.0618 e. The van der Waals surface area contributed by atoms with Crippen molar-refractivity contribution in [2.24, 2.45) is 0 Å². The minimum atomic E-state index is -0.752. The van der Waals surface area contributed by atoms with Crippen molar-refractivity contribution in [3.8, 4) is 0 Å². The molecule has 0 aliphatic rings. The molecule has 3 aromatic rings. The van der Waals surface area contributed by atoms with Gasteiger partial charge in [0.1, 0.15) is 0 Å². The summed E-state index contributed by atoms with van der Waals surface area (Å²) >= 11 is 0. The fourth-order valence-electron chi connectivity index (χ4n) is 2.45. The second kappa shape index (κ2) is 6.35. The summed E-state index contributed by atoms with van der Waals surface area (Å²) in [6.07, 6.45) is 0. The maximum atomic E-state index is 2.27. The Morgan fingerprint density at radius 2 is 0.900 bits per heavy atom. The van der Waals surface area contributed by atoms with E-state index in [1.165, 1.54) is 15.9 Å². The number of benzene rings is 3. The van der Waals surface area contributed by atoms with Crippen LogP contribution in [0.15, 0.2) is 91.0 Å². The summed E-state index contributed by atoms with van der Waals surface area (Å²) in [6, 6.07) is 33.8. The highest BCUT2D eigenvalue weighted by Crippen LogP contribution is 2.04. The van der Waals surface area contributed by atoms with Gasteiger partial charge in [0.05, 0.1) is 0 Å². The van der Waals surface area contributed by atoms with Crippen molar-refractivity contribution in [3.05, 3.63) is 96.6 Å². The van der Waals surface area contributed by atoms with Gasteiger partial charge in [0.2, 0.25) is 0 Å². The standard InChI is InChI=1S/C19H17Si/c1-4-10-17(11-5-1)16-20(18-12-6-2-7-13-18)19-14-8-3-9-15-19/h1-15H,16H2/q-1. The first kappa shape index (κ1) is 12.9. The molecule has 0 unspecified atom stereocenters. The van der Waals surface area contributed by atoms with Gasteiger partial charge in [-0.25, -0.2) is 8.80 Å². The average molecular weight is 273 g/mol. The largest absolute Gasteiger partial charge is 0.247 e. The summed E-state index contributed by atoms with van der Waals surface area (Å²) in [7, 11) is -0.752. The van der Waals surface area contributed by atoms with Gasteiger partial charge in [-0.05, 0) is 0 Å². The summed E-state index contributed by atoms with van der Waals surface area (Å²) in [5.41, 5.74) is 1.43. The first-order valence-corrected chi connectivity index (χ1v) is 8.65. The van der Waals surface area contributed by atoms with Crippen LogP contribution in [0, 0.1) is 0 Å². The predicted molar refractivity (Wildman–Crippen MR) is 88.1 cm³/mol. The van der Waals surface area contributed by atoms with Crippen LogP contribution in [0.3, 0.4) is 0 Å². The SMILES string of the molecule is c1ccc(C[Si-](c2ccccc2)c2ccccc2)cc1. The molecular weight excluding hydrogens is 256 g/mol. The predicted octanol–water partition coefficient (Wildman–Crippen LogP) is 3.08. The fraction of sp³-hybridized carbons (Fsp3) is 0.0526. The van der Waals surface area contributed by atoms with Gasteiger partial charge >= 0.3 is 0 Å². The summed E-state index contributed by atoms with van der Waals surface area (Å²) in [4.78, 5) is 0. The van der Waals surface area contributed by atoms with Crippen LogP contribution < -0.4 is 10.4 Å². The minimum Gasteiger partial charge on any atom is -0.247 e. The Bertz CT molecular complexity index is 593. The third-order valence-electron chi connectivity index (χ3n) is 3.47. The molecule has 0 atom stereocenters. The molecule has 98 valence electrons. The normalized spacial score (nSPS) is 10.2. The molecule has 0 N–H and O–H groups in total. The molecule has 1 heteroatoms. The van der Waals surface area contributed by atoms with Gasteiger partial charge in [-0.1, -0.05) is 96.6 Å². The number of rotatable bonds is 4. The molecule has 0 radical (unpaired) electrons. The van der Waals surface area contributed by atoms with E-state index in [0.29, 0.717) is 0 Å². The van der Waals surface area contributed by atoms with Crippen LogP contribution in [0.5, 0.6) is 0 Å². The van der Waals surface area contributed by atoms with Crippen LogP contribution in [0.1, 0.15) is 5.56 Å². The van der Waals surface area contributed by atoms with Crippen molar-refractivity contribution in [2.75, 3.05) is 0 Å². The van der Waals surface area contributed by atoms with Gasteiger partial charge in [0.15, 0.2) is 0 Å². The summed E-state index contributed by atoms with van der Waals surface area (Å²) < 4.78 is 0. The van der Waals surface area contributed by atoms with Gasteiger partial charge in [-0.15, -0.1) is 6.04 Å². The van der Waals surface area contributed by atoms with Crippen LogP contribution in [0.2, 0.25) is 0 Å². The fourth-order valence-corrected chi connectivity index (χ4v) is 5.02. The van der Waals surface area contributed by atoms with Crippen molar-refractivity contribution in [2.45, 2.75) is 6.04 Å². The molecule has 0 aliphatic heterocycles. The Morgan fingerprint density at radius 1 is 0.500 bits per heavy atom. The molecule has 0 bridgehead atoms. The topological polar surface area (TPSA) is 0 Å². The molecule has 0 spiro atoms. The Balaban J connectivity index is 1.96. The molecule has 0 saturated heterocycles. The molecule has 0 fully saturated rings.